The number of nitrogens with one attached hydrogen (secondary N) is 1. The molecule has 0 bridgehead atoms. The first kappa shape index (κ1) is 17.2. The molecular formula is C18H21N3OS. The van der Waals surface area contributed by atoms with Gasteiger partial charge in [-0.3, -0.25) is 9.69 Å². The van der Waals surface area contributed by atoms with E-state index in [2.05, 4.69) is 49.5 Å². The van der Waals surface area contributed by atoms with Gasteiger partial charge in [0.1, 0.15) is 11.1 Å². The zero-order valence-electron chi connectivity index (χ0n) is 13.7. The van der Waals surface area contributed by atoms with E-state index in [9.17, 15) is 4.79 Å². The van der Waals surface area contributed by atoms with Crippen LogP contribution in [0.25, 0.3) is 0 Å². The summed E-state index contributed by atoms with van der Waals surface area (Å²) in [5.41, 5.74) is 3.00. The van der Waals surface area contributed by atoms with Gasteiger partial charge >= 0.3 is 0 Å². The predicted molar refractivity (Wildman–Crippen MR) is 94.5 cm³/mol. The first-order valence-electron chi connectivity index (χ1n) is 7.54. The van der Waals surface area contributed by atoms with Crippen molar-refractivity contribution in [3.63, 3.8) is 0 Å². The van der Waals surface area contributed by atoms with Crippen LogP contribution in [0.5, 0.6) is 0 Å². The highest BCUT2D eigenvalue weighted by Crippen LogP contribution is 2.22. The molecule has 2 rings (SSSR count). The topological polar surface area (TPSA) is 56.1 Å². The standard InChI is InChI=1S/C18H21N3OS/c1-13(2)15-6-4-14(5-7-15)11-21(3)12-17(22)20-18-16(10-19)8-9-23-18/h4-9,13H,11-12H2,1-3H3,(H,20,22). The Balaban J connectivity index is 1.88. The van der Waals surface area contributed by atoms with E-state index in [1.807, 2.05) is 11.9 Å². The molecule has 0 aliphatic heterocycles. The largest absolute Gasteiger partial charge is 0.315 e. The monoisotopic (exact) mass is 327 g/mol. The van der Waals surface area contributed by atoms with Gasteiger partial charge in [-0.2, -0.15) is 5.26 Å². The molecule has 0 atom stereocenters. The third-order valence-electron chi connectivity index (χ3n) is 3.55. The molecule has 1 heterocycles. The Kier molecular flexibility index (Phi) is 5.91. The van der Waals surface area contributed by atoms with E-state index in [0.717, 1.165) is 0 Å². The summed E-state index contributed by atoms with van der Waals surface area (Å²) in [5.74, 6) is 0.415. The molecule has 0 radical (unpaired) electrons. The molecule has 23 heavy (non-hydrogen) atoms. The van der Waals surface area contributed by atoms with Crippen LogP contribution in [-0.2, 0) is 11.3 Å². The van der Waals surface area contributed by atoms with Crippen LogP contribution in [0.1, 0.15) is 36.5 Å². The molecule has 0 spiro atoms. The Morgan fingerprint density at radius 2 is 2.00 bits per heavy atom. The molecule has 5 heteroatoms. The molecule has 2 aromatic rings. The number of benzene rings is 1. The lowest BCUT2D eigenvalue weighted by molar-refractivity contribution is -0.117. The fraction of sp³-hybridized carbons (Fsp3) is 0.333. The maximum absolute atomic E-state index is 12.1. The SMILES string of the molecule is CC(C)c1ccc(CN(C)CC(=O)Nc2sccc2C#N)cc1. The van der Waals surface area contributed by atoms with Gasteiger partial charge in [-0.05, 0) is 35.5 Å². The number of carbonyl (C=O) groups excluding carboxylic acids is 1. The van der Waals surface area contributed by atoms with Gasteiger partial charge in [-0.1, -0.05) is 38.1 Å². The Morgan fingerprint density at radius 3 is 2.61 bits per heavy atom. The van der Waals surface area contributed by atoms with Crippen molar-refractivity contribution in [3.8, 4) is 6.07 Å². The second kappa shape index (κ2) is 7.91. The van der Waals surface area contributed by atoms with Gasteiger partial charge in [0.05, 0.1) is 12.1 Å². The van der Waals surface area contributed by atoms with Crippen LogP contribution in [0.2, 0.25) is 0 Å². The Labute approximate surface area is 141 Å². The van der Waals surface area contributed by atoms with Crippen molar-refractivity contribution in [3.05, 3.63) is 52.4 Å². The van der Waals surface area contributed by atoms with Crippen molar-refractivity contribution >= 4 is 22.2 Å². The fourth-order valence-electron chi connectivity index (χ4n) is 2.28. The van der Waals surface area contributed by atoms with E-state index < -0.39 is 0 Å². The van der Waals surface area contributed by atoms with Gasteiger partial charge in [0.2, 0.25) is 5.91 Å². The van der Waals surface area contributed by atoms with E-state index in [1.165, 1.54) is 22.5 Å². The number of nitrogens with zero attached hydrogens (tertiary/aromatic N) is 2. The summed E-state index contributed by atoms with van der Waals surface area (Å²) in [7, 11) is 1.91. The Morgan fingerprint density at radius 1 is 1.30 bits per heavy atom. The summed E-state index contributed by atoms with van der Waals surface area (Å²) < 4.78 is 0. The highest BCUT2D eigenvalue weighted by Gasteiger charge is 2.11. The number of rotatable bonds is 6. The molecule has 120 valence electrons. The summed E-state index contributed by atoms with van der Waals surface area (Å²) in [6, 6.07) is 12.3. The molecule has 0 aliphatic carbocycles. The van der Waals surface area contributed by atoms with Crippen LogP contribution in [0.4, 0.5) is 5.00 Å². The lowest BCUT2D eigenvalue weighted by atomic mass is 10.0. The molecule has 4 nitrogen and oxygen atoms in total. The van der Waals surface area contributed by atoms with Crippen molar-refractivity contribution < 1.29 is 4.79 Å². The van der Waals surface area contributed by atoms with Crippen molar-refractivity contribution in [2.24, 2.45) is 0 Å². The van der Waals surface area contributed by atoms with Crippen LogP contribution in [0.15, 0.2) is 35.7 Å². The molecule has 1 N–H and O–H groups in total. The minimum atomic E-state index is -0.106. The van der Waals surface area contributed by atoms with Crippen LogP contribution < -0.4 is 5.32 Å². The van der Waals surface area contributed by atoms with Gasteiger partial charge in [0, 0.05) is 6.54 Å². The predicted octanol–water partition coefficient (Wildman–Crippen LogP) is 3.81. The first-order valence-corrected chi connectivity index (χ1v) is 8.42. The lowest BCUT2D eigenvalue weighted by Crippen LogP contribution is -2.29. The molecule has 1 aromatic carbocycles. The molecular weight excluding hydrogens is 306 g/mol. The van der Waals surface area contributed by atoms with Gasteiger partial charge in [0.15, 0.2) is 0 Å². The maximum atomic E-state index is 12.1. The summed E-state index contributed by atoms with van der Waals surface area (Å²) >= 11 is 1.36. The van der Waals surface area contributed by atoms with Crippen molar-refractivity contribution in [1.82, 2.24) is 4.90 Å². The smallest absolute Gasteiger partial charge is 0.239 e. The highest BCUT2D eigenvalue weighted by molar-refractivity contribution is 7.14. The molecule has 0 aliphatic rings. The van der Waals surface area contributed by atoms with Crippen LogP contribution in [0, 0.1) is 11.3 Å². The number of hydrogen-bond acceptors (Lipinski definition) is 4. The second-order valence-electron chi connectivity index (χ2n) is 5.89. The van der Waals surface area contributed by atoms with Gasteiger partial charge < -0.3 is 5.32 Å². The molecule has 0 saturated heterocycles. The summed E-state index contributed by atoms with van der Waals surface area (Å²) in [6.07, 6.45) is 0. The quantitative estimate of drug-likeness (QED) is 0.877. The van der Waals surface area contributed by atoms with Crippen molar-refractivity contribution in [2.75, 3.05) is 18.9 Å². The average Bonchev–Trinajstić information content (AvgIpc) is 2.94. The van der Waals surface area contributed by atoms with E-state index in [-0.39, 0.29) is 12.5 Å². The average molecular weight is 327 g/mol. The van der Waals surface area contributed by atoms with Gasteiger partial charge in [-0.15, -0.1) is 11.3 Å². The summed E-state index contributed by atoms with van der Waals surface area (Å²) in [6.45, 7) is 5.34. The molecule has 1 aromatic heterocycles. The lowest BCUT2D eigenvalue weighted by Gasteiger charge is -2.16. The second-order valence-corrected chi connectivity index (χ2v) is 6.81. The Bertz CT molecular complexity index is 698. The van der Waals surface area contributed by atoms with Crippen molar-refractivity contribution in [2.45, 2.75) is 26.3 Å². The molecule has 0 unspecified atom stereocenters. The van der Waals surface area contributed by atoms with Crippen molar-refractivity contribution in [1.29, 1.82) is 5.26 Å². The molecule has 0 saturated carbocycles. The number of nitriles is 1. The van der Waals surface area contributed by atoms with E-state index in [0.29, 0.717) is 23.0 Å². The molecule has 0 fully saturated rings. The van der Waals surface area contributed by atoms with E-state index in [4.69, 9.17) is 5.26 Å². The fourth-order valence-corrected chi connectivity index (χ4v) is 3.03. The first-order chi connectivity index (χ1) is 11.0. The zero-order valence-corrected chi connectivity index (χ0v) is 14.5. The summed E-state index contributed by atoms with van der Waals surface area (Å²) in [5, 5.41) is 14.2. The zero-order chi connectivity index (χ0) is 16.8. The third kappa shape index (κ3) is 4.92. The number of anilines is 1. The van der Waals surface area contributed by atoms with Crippen LogP contribution in [0.3, 0.4) is 0 Å². The van der Waals surface area contributed by atoms with Gasteiger partial charge in [-0.25, -0.2) is 0 Å². The Hall–Kier alpha value is -2.16. The molecule has 1 amide bonds. The third-order valence-corrected chi connectivity index (χ3v) is 4.38. The number of likely N-dealkylation sites (N-methyl/N-ethyl adjacent to an activating group) is 1. The number of carbonyl (C=O) groups is 1. The minimum absolute atomic E-state index is 0.106. The van der Waals surface area contributed by atoms with Gasteiger partial charge in [0.25, 0.3) is 0 Å². The number of amides is 1. The van der Waals surface area contributed by atoms with Crippen LogP contribution >= 0.6 is 11.3 Å². The number of thiophene rings is 1. The summed E-state index contributed by atoms with van der Waals surface area (Å²) in [4.78, 5) is 14.0. The highest BCUT2D eigenvalue weighted by atomic mass is 32.1. The van der Waals surface area contributed by atoms with Crippen LogP contribution in [-0.4, -0.2) is 24.4 Å². The normalized spacial score (nSPS) is 10.8. The van der Waals surface area contributed by atoms with E-state index in [1.54, 1.807) is 11.4 Å². The minimum Gasteiger partial charge on any atom is -0.315 e. The number of hydrogen-bond donors (Lipinski definition) is 1. The maximum Gasteiger partial charge on any atom is 0.239 e. The van der Waals surface area contributed by atoms with E-state index >= 15 is 0 Å².